The lowest BCUT2D eigenvalue weighted by molar-refractivity contribution is 0.571. The van der Waals surface area contributed by atoms with E-state index in [2.05, 4.69) is 52.8 Å². The largest absolute Gasteiger partial charge is 0.252 e. The SMILES string of the molecule is CC(C)c1ccc2nc(C(C)(C)C)cc(C#N)c2c1. The molecule has 0 aliphatic heterocycles. The lowest BCUT2D eigenvalue weighted by atomic mass is 9.89. The Morgan fingerprint density at radius 1 is 1.16 bits per heavy atom. The fraction of sp³-hybridized carbons (Fsp3) is 0.412. The number of nitriles is 1. The van der Waals surface area contributed by atoms with Crippen molar-refractivity contribution in [2.24, 2.45) is 0 Å². The van der Waals surface area contributed by atoms with Gasteiger partial charge in [0.1, 0.15) is 0 Å². The van der Waals surface area contributed by atoms with E-state index in [-0.39, 0.29) is 5.41 Å². The summed E-state index contributed by atoms with van der Waals surface area (Å²) in [7, 11) is 0. The lowest BCUT2D eigenvalue weighted by Gasteiger charge is -2.19. The zero-order valence-electron chi connectivity index (χ0n) is 12.3. The van der Waals surface area contributed by atoms with Crippen molar-refractivity contribution in [1.29, 1.82) is 5.26 Å². The third-order valence-corrected chi connectivity index (χ3v) is 3.39. The van der Waals surface area contributed by atoms with Crippen LogP contribution in [0.25, 0.3) is 10.9 Å². The summed E-state index contributed by atoms with van der Waals surface area (Å²) in [5.41, 5.74) is 3.80. The van der Waals surface area contributed by atoms with Gasteiger partial charge in [-0.15, -0.1) is 0 Å². The Balaban J connectivity index is 2.75. The van der Waals surface area contributed by atoms with Gasteiger partial charge in [-0.1, -0.05) is 40.7 Å². The van der Waals surface area contributed by atoms with Crippen molar-refractivity contribution in [3.63, 3.8) is 0 Å². The summed E-state index contributed by atoms with van der Waals surface area (Å²) in [4.78, 5) is 4.70. The van der Waals surface area contributed by atoms with E-state index in [1.807, 2.05) is 12.1 Å². The number of hydrogen-bond donors (Lipinski definition) is 0. The van der Waals surface area contributed by atoms with Crippen molar-refractivity contribution < 1.29 is 0 Å². The average molecular weight is 252 g/mol. The predicted molar refractivity (Wildman–Crippen MR) is 79.2 cm³/mol. The highest BCUT2D eigenvalue weighted by Gasteiger charge is 2.18. The monoisotopic (exact) mass is 252 g/mol. The first kappa shape index (κ1) is 13.5. The van der Waals surface area contributed by atoms with Crippen molar-refractivity contribution >= 4 is 10.9 Å². The van der Waals surface area contributed by atoms with Gasteiger partial charge in [0.05, 0.1) is 17.1 Å². The summed E-state index contributed by atoms with van der Waals surface area (Å²) in [5, 5.41) is 10.3. The highest BCUT2D eigenvalue weighted by atomic mass is 14.7. The second kappa shape index (κ2) is 4.66. The van der Waals surface area contributed by atoms with E-state index < -0.39 is 0 Å². The van der Waals surface area contributed by atoms with Crippen molar-refractivity contribution in [2.75, 3.05) is 0 Å². The quantitative estimate of drug-likeness (QED) is 0.747. The van der Waals surface area contributed by atoms with Gasteiger partial charge in [0.25, 0.3) is 0 Å². The Hall–Kier alpha value is -1.88. The molecular weight excluding hydrogens is 232 g/mol. The Morgan fingerprint density at radius 2 is 1.84 bits per heavy atom. The Bertz CT molecular complexity index is 655. The van der Waals surface area contributed by atoms with Crippen LogP contribution in [0.5, 0.6) is 0 Å². The van der Waals surface area contributed by atoms with Gasteiger partial charge in [-0.2, -0.15) is 5.26 Å². The normalized spacial score (nSPS) is 11.8. The molecule has 0 radical (unpaired) electrons. The molecule has 2 aromatic rings. The molecule has 0 N–H and O–H groups in total. The number of nitrogens with zero attached hydrogens (tertiary/aromatic N) is 2. The van der Waals surface area contributed by atoms with E-state index in [1.54, 1.807) is 0 Å². The molecule has 98 valence electrons. The van der Waals surface area contributed by atoms with Crippen LogP contribution in [0.15, 0.2) is 24.3 Å². The zero-order chi connectivity index (χ0) is 14.2. The standard InChI is InChI=1S/C17H20N2/c1-11(2)12-6-7-15-14(8-12)13(10-18)9-16(19-15)17(3,4)5/h6-9,11H,1-5H3. The Kier molecular flexibility index (Phi) is 3.32. The molecule has 1 aromatic heterocycles. The van der Waals surface area contributed by atoms with E-state index >= 15 is 0 Å². The molecule has 2 rings (SSSR count). The van der Waals surface area contributed by atoms with E-state index in [9.17, 15) is 5.26 Å². The Morgan fingerprint density at radius 3 is 2.37 bits per heavy atom. The predicted octanol–water partition coefficient (Wildman–Crippen LogP) is 4.53. The molecule has 0 fully saturated rings. The lowest BCUT2D eigenvalue weighted by Crippen LogP contribution is -2.14. The maximum Gasteiger partial charge on any atom is 0.0999 e. The van der Waals surface area contributed by atoms with E-state index in [1.165, 1.54) is 5.56 Å². The summed E-state index contributed by atoms with van der Waals surface area (Å²) in [6.45, 7) is 10.7. The van der Waals surface area contributed by atoms with Crippen LogP contribution in [-0.2, 0) is 5.41 Å². The first-order chi connectivity index (χ1) is 8.82. The molecule has 1 heterocycles. The number of benzene rings is 1. The van der Waals surface area contributed by atoms with Crippen molar-refractivity contribution in [3.05, 3.63) is 41.1 Å². The maximum absolute atomic E-state index is 9.38. The molecule has 0 aliphatic carbocycles. The maximum atomic E-state index is 9.38. The third-order valence-electron chi connectivity index (χ3n) is 3.39. The summed E-state index contributed by atoms with van der Waals surface area (Å²) in [6, 6.07) is 10.5. The minimum atomic E-state index is -0.0451. The first-order valence-corrected chi connectivity index (χ1v) is 6.68. The van der Waals surface area contributed by atoms with Crippen LogP contribution in [0.1, 0.15) is 57.4 Å². The molecule has 0 saturated carbocycles. The number of pyridine rings is 1. The van der Waals surface area contributed by atoms with Gasteiger partial charge in [-0.3, -0.25) is 4.98 Å². The fourth-order valence-corrected chi connectivity index (χ4v) is 2.08. The van der Waals surface area contributed by atoms with Gasteiger partial charge >= 0.3 is 0 Å². The van der Waals surface area contributed by atoms with Crippen LogP contribution in [0.3, 0.4) is 0 Å². The summed E-state index contributed by atoms with van der Waals surface area (Å²) in [6.07, 6.45) is 0. The smallest absolute Gasteiger partial charge is 0.0999 e. The number of aromatic nitrogens is 1. The molecule has 0 spiro atoms. The van der Waals surface area contributed by atoms with Crippen LogP contribution in [0.2, 0.25) is 0 Å². The van der Waals surface area contributed by atoms with E-state index in [4.69, 9.17) is 4.98 Å². The average Bonchev–Trinajstić information content (AvgIpc) is 2.35. The molecular formula is C17H20N2. The Labute approximate surface area is 115 Å². The second-order valence-corrected chi connectivity index (χ2v) is 6.35. The van der Waals surface area contributed by atoms with Crippen LogP contribution in [0.4, 0.5) is 0 Å². The summed E-state index contributed by atoms with van der Waals surface area (Å²) >= 11 is 0. The van der Waals surface area contributed by atoms with Gasteiger partial charge in [0.15, 0.2) is 0 Å². The van der Waals surface area contributed by atoms with E-state index in [0.717, 1.165) is 22.2 Å². The highest BCUT2D eigenvalue weighted by molar-refractivity contribution is 5.85. The molecule has 0 amide bonds. The third kappa shape index (κ3) is 2.61. The van der Waals surface area contributed by atoms with Gasteiger partial charge in [0, 0.05) is 16.5 Å². The zero-order valence-corrected chi connectivity index (χ0v) is 12.3. The van der Waals surface area contributed by atoms with Crippen LogP contribution in [0, 0.1) is 11.3 Å². The summed E-state index contributed by atoms with van der Waals surface area (Å²) in [5.74, 6) is 0.457. The number of hydrogen-bond acceptors (Lipinski definition) is 2. The first-order valence-electron chi connectivity index (χ1n) is 6.68. The van der Waals surface area contributed by atoms with Crippen LogP contribution in [-0.4, -0.2) is 4.98 Å². The second-order valence-electron chi connectivity index (χ2n) is 6.35. The van der Waals surface area contributed by atoms with Crippen LogP contribution >= 0.6 is 0 Å². The fourth-order valence-electron chi connectivity index (χ4n) is 2.08. The topological polar surface area (TPSA) is 36.7 Å². The number of fused-ring (bicyclic) bond motifs is 1. The molecule has 1 aromatic carbocycles. The van der Waals surface area contributed by atoms with Crippen molar-refractivity contribution in [1.82, 2.24) is 4.98 Å². The minimum Gasteiger partial charge on any atom is -0.252 e. The van der Waals surface area contributed by atoms with Gasteiger partial charge in [0.2, 0.25) is 0 Å². The molecule has 2 nitrogen and oxygen atoms in total. The summed E-state index contributed by atoms with van der Waals surface area (Å²) < 4.78 is 0. The molecule has 2 heteroatoms. The number of rotatable bonds is 1. The van der Waals surface area contributed by atoms with Gasteiger partial charge in [-0.25, -0.2) is 0 Å². The highest BCUT2D eigenvalue weighted by Crippen LogP contribution is 2.28. The molecule has 0 unspecified atom stereocenters. The molecule has 0 atom stereocenters. The molecule has 0 bridgehead atoms. The van der Waals surface area contributed by atoms with Crippen LogP contribution < -0.4 is 0 Å². The van der Waals surface area contributed by atoms with Gasteiger partial charge in [-0.05, 0) is 29.7 Å². The van der Waals surface area contributed by atoms with E-state index in [0.29, 0.717) is 5.92 Å². The van der Waals surface area contributed by atoms with Crippen molar-refractivity contribution in [2.45, 2.75) is 46.0 Å². The molecule has 0 saturated heterocycles. The van der Waals surface area contributed by atoms with Gasteiger partial charge < -0.3 is 0 Å². The minimum absolute atomic E-state index is 0.0451. The molecule has 0 aliphatic rings. The molecule has 19 heavy (non-hydrogen) atoms. The van der Waals surface area contributed by atoms with Crippen molar-refractivity contribution in [3.8, 4) is 6.07 Å².